The van der Waals surface area contributed by atoms with E-state index in [1.54, 1.807) is 7.05 Å². The molecule has 2 saturated heterocycles. The van der Waals surface area contributed by atoms with E-state index in [0.717, 1.165) is 32.1 Å². The van der Waals surface area contributed by atoms with Crippen LogP contribution in [-0.4, -0.2) is 65.6 Å². The van der Waals surface area contributed by atoms with Gasteiger partial charge >= 0.3 is 5.91 Å². The van der Waals surface area contributed by atoms with Gasteiger partial charge in [-0.1, -0.05) is 31.0 Å². The number of amides is 3. The second-order valence-electron chi connectivity index (χ2n) is 7.71. The lowest BCUT2D eigenvalue weighted by Crippen LogP contribution is -2.53. The third kappa shape index (κ3) is 5.57. The van der Waals surface area contributed by atoms with Gasteiger partial charge in [0.2, 0.25) is 17.6 Å². The largest absolute Gasteiger partial charge is 0.381 e. The summed E-state index contributed by atoms with van der Waals surface area (Å²) in [5.74, 6) is -1.85. The molecular weight excluding hydrogens is 396 g/mol. The van der Waals surface area contributed by atoms with E-state index in [9.17, 15) is 19.2 Å². The molecular formula is C19H28N4O5S. The van der Waals surface area contributed by atoms with E-state index < -0.39 is 17.7 Å². The molecule has 1 unspecified atom stereocenters. The quantitative estimate of drug-likeness (QED) is 0.477. The van der Waals surface area contributed by atoms with Crippen LogP contribution >= 0.6 is 11.8 Å². The summed E-state index contributed by atoms with van der Waals surface area (Å²) in [6.07, 6.45) is 6.00. The van der Waals surface area contributed by atoms with Crippen molar-refractivity contribution in [1.29, 1.82) is 0 Å². The number of thioether (sulfide) groups is 1. The number of hydrogen-bond donors (Lipinski definition) is 2. The lowest BCUT2D eigenvalue weighted by Gasteiger charge is -2.31. The number of carbonyl (C=O) groups is 4. The predicted molar refractivity (Wildman–Crippen MR) is 108 cm³/mol. The highest BCUT2D eigenvalue weighted by Crippen LogP contribution is 2.25. The highest BCUT2D eigenvalue weighted by Gasteiger charge is 2.36. The van der Waals surface area contributed by atoms with Gasteiger partial charge in [-0.3, -0.25) is 24.1 Å². The third-order valence-electron chi connectivity index (χ3n) is 5.76. The molecule has 3 fully saturated rings. The maximum absolute atomic E-state index is 12.9. The standard InChI is InChI=1S/C19H28N4O5S/c1-23-14(24)11-29-19(23)22-21-18(27)16(25)15(12-7-9-28-10-8-12)20-17(26)13-5-3-2-4-6-13/h12-13,15H,2-11H2,1H3,(H,20,26)(H,21,27). The minimum absolute atomic E-state index is 0.100. The zero-order valence-corrected chi connectivity index (χ0v) is 17.5. The molecule has 0 spiro atoms. The summed E-state index contributed by atoms with van der Waals surface area (Å²) in [5.41, 5.74) is 2.25. The maximum atomic E-state index is 12.9. The summed E-state index contributed by atoms with van der Waals surface area (Å²) in [6.45, 7) is 1.00. The molecule has 0 aromatic carbocycles. The number of carbonyl (C=O) groups excluding carboxylic acids is 4. The first-order valence-electron chi connectivity index (χ1n) is 10.2. The fraction of sp³-hybridized carbons (Fsp3) is 0.737. The van der Waals surface area contributed by atoms with Crippen molar-refractivity contribution in [3.05, 3.63) is 0 Å². The van der Waals surface area contributed by atoms with E-state index in [2.05, 4.69) is 15.8 Å². The van der Waals surface area contributed by atoms with Crippen molar-refractivity contribution in [3.8, 4) is 0 Å². The lowest BCUT2D eigenvalue weighted by molar-refractivity contribution is -0.142. The molecule has 1 saturated carbocycles. The number of ketones is 1. The average molecular weight is 425 g/mol. The van der Waals surface area contributed by atoms with E-state index in [1.165, 1.54) is 16.7 Å². The van der Waals surface area contributed by atoms with Crippen molar-refractivity contribution in [1.82, 2.24) is 15.6 Å². The van der Waals surface area contributed by atoms with E-state index in [1.807, 2.05) is 0 Å². The Morgan fingerprint density at radius 1 is 1.14 bits per heavy atom. The van der Waals surface area contributed by atoms with Crippen molar-refractivity contribution in [2.24, 2.45) is 16.9 Å². The van der Waals surface area contributed by atoms with Gasteiger partial charge in [0.05, 0.1) is 5.75 Å². The Bertz CT molecular complexity index is 686. The van der Waals surface area contributed by atoms with Crippen LogP contribution in [0.3, 0.4) is 0 Å². The van der Waals surface area contributed by atoms with Gasteiger partial charge in [-0.25, -0.2) is 5.43 Å². The van der Waals surface area contributed by atoms with Crippen LogP contribution in [0.2, 0.25) is 0 Å². The van der Waals surface area contributed by atoms with Crippen LogP contribution in [0.1, 0.15) is 44.9 Å². The Morgan fingerprint density at radius 3 is 2.45 bits per heavy atom. The molecule has 2 aliphatic heterocycles. The molecule has 2 heterocycles. The van der Waals surface area contributed by atoms with E-state index in [-0.39, 0.29) is 29.4 Å². The molecule has 3 rings (SSSR count). The first-order valence-corrected chi connectivity index (χ1v) is 11.1. The summed E-state index contributed by atoms with van der Waals surface area (Å²) in [5, 5.41) is 7.09. The lowest BCUT2D eigenvalue weighted by atomic mass is 9.85. The predicted octanol–water partition coefficient (Wildman–Crippen LogP) is 0.640. The smallest absolute Gasteiger partial charge is 0.309 e. The molecule has 160 valence electrons. The molecule has 0 aromatic heterocycles. The number of hydrazone groups is 1. The summed E-state index contributed by atoms with van der Waals surface area (Å²) in [4.78, 5) is 50.9. The number of ether oxygens (including phenoxy) is 1. The molecule has 3 amide bonds. The minimum atomic E-state index is -0.885. The number of rotatable bonds is 6. The summed E-state index contributed by atoms with van der Waals surface area (Å²) in [7, 11) is 1.56. The molecule has 29 heavy (non-hydrogen) atoms. The molecule has 0 aromatic rings. The van der Waals surface area contributed by atoms with Crippen LogP contribution in [0.4, 0.5) is 0 Å². The van der Waals surface area contributed by atoms with Crippen molar-refractivity contribution in [3.63, 3.8) is 0 Å². The highest BCUT2D eigenvalue weighted by atomic mass is 32.2. The highest BCUT2D eigenvalue weighted by molar-refractivity contribution is 8.15. The van der Waals surface area contributed by atoms with Crippen LogP contribution in [-0.2, 0) is 23.9 Å². The monoisotopic (exact) mass is 424 g/mol. The Kier molecular flexibility index (Phi) is 7.65. The third-order valence-corrected chi connectivity index (χ3v) is 6.77. The summed E-state index contributed by atoms with van der Waals surface area (Å²) < 4.78 is 5.36. The first kappa shape index (κ1) is 21.8. The Balaban J connectivity index is 1.66. The molecule has 3 aliphatic rings. The molecule has 9 nitrogen and oxygen atoms in total. The molecule has 1 aliphatic carbocycles. The Morgan fingerprint density at radius 2 is 1.83 bits per heavy atom. The van der Waals surface area contributed by atoms with Crippen LogP contribution in [0.5, 0.6) is 0 Å². The van der Waals surface area contributed by atoms with E-state index in [0.29, 0.717) is 31.2 Å². The number of nitrogens with zero attached hydrogens (tertiary/aromatic N) is 2. The van der Waals surface area contributed by atoms with Gasteiger partial charge < -0.3 is 10.1 Å². The van der Waals surface area contributed by atoms with Gasteiger partial charge in [0.25, 0.3) is 0 Å². The first-order chi connectivity index (χ1) is 14.0. The fourth-order valence-electron chi connectivity index (χ4n) is 3.91. The molecule has 0 bridgehead atoms. The number of Topliss-reactive ketones (excluding diaryl/α,β-unsaturated/α-hetero) is 1. The molecule has 0 radical (unpaired) electrons. The second kappa shape index (κ2) is 10.2. The number of hydrogen-bond acceptors (Lipinski definition) is 7. The van der Waals surface area contributed by atoms with Gasteiger partial charge in [0, 0.05) is 26.2 Å². The topological polar surface area (TPSA) is 117 Å². The van der Waals surface area contributed by atoms with Gasteiger partial charge in [-0.15, -0.1) is 5.10 Å². The number of nitrogens with one attached hydrogen (secondary N) is 2. The number of amidine groups is 1. The Hall–Kier alpha value is -1.94. The average Bonchev–Trinajstić information content (AvgIpc) is 3.08. The van der Waals surface area contributed by atoms with Crippen molar-refractivity contribution >= 4 is 40.4 Å². The molecule has 1 atom stereocenters. The van der Waals surface area contributed by atoms with Crippen LogP contribution in [0.15, 0.2) is 5.10 Å². The zero-order chi connectivity index (χ0) is 20.8. The normalized spacial score (nSPS) is 23.8. The van der Waals surface area contributed by atoms with Crippen LogP contribution < -0.4 is 10.7 Å². The summed E-state index contributed by atoms with van der Waals surface area (Å²) in [6, 6.07) is -0.885. The van der Waals surface area contributed by atoms with Crippen molar-refractivity contribution in [2.45, 2.75) is 51.0 Å². The van der Waals surface area contributed by atoms with E-state index >= 15 is 0 Å². The fourth-order valence-corrected chi connectivity index (χ4v) is 4.76. The van der Waals surface area contributed by atoms with Crippen molar-refractivity contribution in [2.75, 3.05) is 26.0 Å². The second-order valence-corrected chi connectivity index (χ2v) is 8.65. The van der Waals surface area contributed by atoms with Gasteiger partial charge in [0.1, 0.15) is 6.04 Å². The summed E-state index contributed by atoms with van der Waals surface area (Å²) >= 11 is 1.19. The van der Waals surface area contributed by atoms with E-state index in [4.69, 9.17) is 4.74 Å². The molecule has 10 heteroatoms. The van der Waals surface area contributed by atoms with Crippen LogP contribution in [0, 0.1) is 11.8 Å². The van der Waals surface area contributed by atoms with Crippen LogP contribution in [0.25, 0.3) is 0 Å². The van der Waals surface area contributed by atoms with Gasteiger partial charge in [-0.05, 0) is 31.6 Å². The zero-order valence-electron chi connectivity index (χ0n) is 16.6. The maximum Gasteiger partial charge on any atom is 0.309 e. The SMILES string of the molecule is CN1C(=O)CSC1=NNC(=O)C(=O)C(NC(=O)C1CCCCC1)C1CCOCC1. The van der Waals surface area contributed by atoms with Crippen molar-refractivity contribution < 1.29 is 23.9 Å². The van der Waals surface area contributed by atoms with Gasteiger partial charge in [0.15, 0.2) is 5.17 Å². The van der Waals surface area contributed by atoms with Gasteiger partial charge in [-0.2, -0.15) is 0 Å². The molecule has 2 N–H and O–H groups in total. The Labute approximate surface area is 174 Å². The minimum Gasteiger partial charge on any atom is -0.381 e.